The van der Waals surface area contributed by atoms with Crippen LogP contribution < -0.4 is 0 Å². The zero-order valence-electron chi connectivity index (χ0n) is 10.6. The van der Waals surface area contributed by atoms with Crippen LogP contribution in [0.5, 0.6) is 0 Å². The molecule has 0 heterocycles. The summed E-state index contributed by atoms with van der Waals surface area (Å²) in [5.74, 6) is 0. The average molecular weight is 296 g/mol. The highest BCUT2D eigenvalue weighted by atomic mass is 32.2. The molecule has 0 aliphatic heterocycles. The number of carbonyl (C=O) groups is 1. The van der Waals surface area contributed by atoms with E-state index in [1.165, 1.54) is 12.1 Å². The molecule has 1 nitrogen and oxygen atoms in total. The molecule has 2 aromatic carbocycles. The zero-order valence-corrected chi connectivity index (χ0v) is 11.4. The Kier molecular flexibility index (Phi) is 4.18. The summed E-state index contributed by atoms with van der Waals surface area (Å²) in [5.41, 5.74) is 0.739. The first kappa shape index (κ1) is 14.7. The molecule has 0 spiro atoms. The Morgan fingerprint density at radius 1 is 1.05 bits per heavy atom. The molecule has 0 saturated carbocycles. The molecule has 0 fully saturated rings. The van der Waals surface area contributed by atoms with Crippen LogP contribution in [-0.2, 0) is 6.18 Å². The Labute approximate surface area is 118 Å². The SMILES string of the molecule is Cc1ccc(C(=O)Sc2cccc(C(F)(F)F)c2)cc1. The van der Waals surface area contributed by atoms with Crippen molar-refractivity contribution >= 4 is 16.9 Å². The fraction of sp³-hybridized carbons (Fsp3) is 0.133. The highest BCUT2D eigenvalue weighted by Gasteiger charge is 2.30. The first-order chi connectivity index (χ1) is 9.36. The number of thioether (sulfide) groups is 1. The van der Waals surface area contributed by atoms with E-state index in [0.29, 0.717) is 5.56 Å². The lowest BCUT2D eigenvalue weighted by molar-refractivity contribution is -0.137. The summed E-state index contributed by atoms with van der Waals surface area (Å²) in [6, 6.07) is 11.7. The van der Waals surface area contributed by atoms with Gasteiger partial charge >= 0.3 is 6.18 Å². The molecule has 0 saturated heterocycles. The van der Waals surface area contributed by atoms with Crippen LogP contribution in [0.1, 0.15) is 21.5 Å². The van der Waals surface area contributed by atoms with Gasteiger partial charge in [-0.05, 0) is 36.9 Å². The minimum Gasteiger partial charge on any atom is -0.281 e. The molecule has 0 radical (unpaired) electrons. The maximum absolute atomic E-state index is 12.6. The van der Waals surface area contributed by atoms with Crippen LogP contribution in [-0.4, -0.2) is 5.12 Å². The van der Waals surface area contributed by atoms with Crippen LogP contribution in [0.3, 0.4) is 0 Å². The molecule has 0 N–H and O–H groups in total. The van der Waals surface area contributed by atoms with Crippen LogP contribution >= 0.6 is 11.8 Å². The second-order valence-electron chi connectivity index (χ2n) is 4.28. The summed E-state index contributed by atoms with van der Waals surface area (Å²) in [7, 11) is 0. The van der Waals surface area contributed by atoms with Gasteiger partial charge in [-0.25, -0.2) is 0 Å². The summed E-state index contributed by atoms with van der Waals surface area (Å²) in [6.07, 6.45) is -4.40. The second kappa shape index (κ2) is 5.71. The number of rotatable bonds is 2. The highest BCUT2D eigenvalue weighted by Crippen LogP contribution is 2.32. The maximum atomic E-state index is 12.6. The Morgan fingerprint density at radius 3 is 2.30 bits per heavy atom. The first-order valence-corrected chi connectivity index (χ1v) is 6.64. The van der Waals surface area contributed by atoms with Gasteiger partial charge in [0.2, 0.25) is 5.12 Å². The number of benzene rings is 2. The third-order valence-electron chi connectivity index (χ3n) is 2.66. The van der Waals surface area contributed by atoms with Crippen LogP contribution in [0.4, 0.5) is 13.2 Å². The fourth-order valence-electron chi connectivity index (χ4n) is 1.59. The van der Waals surface area contributed by atoms with Crippen LogP contribution in [0.2, 0.25) is 0 Å². The fourth-order valence-corrected chi connectivity index (χ4v) is 2.39. The van der Waals surface area contributed by atoms with Crippen LogP contribution in [0, 0.1) is 6.92 Å². The van der Waals surface area contributed by atoms with Crippen molar-refractivity contribution in [2.45, 2.75) is 18.0 Å². The average Bonchev–Trinajstić information content (AvgIpc) is 2.38. The van der Waals surface area contributed by atoms with Crippen LogP contribution in [0.25, 0.3) is 0 Å². The molecule has 2 rings (SSSR count). The standard InChI is InChI=1S/C15H11F3OS/c1-10-5-7-11(8-6-10)14(19)20-13-4-2-3-12(9-13)15(16,17)18/h2-9H,1H3. The molecule has 0 atom stereocenters. The van der Waals surface area contributed by atoms with E-state index in [4.69, 9.17) is 0 Å². The molecule has 0 aliphatic carbocycles. The number of aryl methyl sites for hydroxylation is 1. The summed E-state index contributed by atoms with van der Waals surface area (Å²) < 4.78 is 37.7. The van der Waals surface area contributed by atoms with E-state index < -0.39 is 11.7 Å². The van der Waals surface area contributed by atoms with Gasteiger partial charge in [0.05, 0.1) is 5.56 Å². The molecule has 2 aromatic rings. The molecule has 0 aliphatic rings. The molecule has 5 heteroatoms. The third kappa shape index (κ3) is 3.63. The third-order valence-corrected chi connectivity index (χ3v) is 3.57. The van der Waals surface area contributed by atoms with E-state index in [2.05, 4.69) is 0 Å². The number of halogens is 3. The molecule has 0 amide bonds. The van der Waals surface area contributed by atoms with Gasteiger partial charge in [0.15, 0.2) is 0 Å². The van der Waals surface area contributed by atoms with E-state index in [1.807, 2.05) is 6.92 Å². The highest BCUT2D eigenvalue weighted by molar-refractivity contribution is 8.14. The Balaban J connectivity index is 2.18. The molecule has 20 heavy (non-hydrogen) atoms. The predicted molar refractivity (Wildman–Crippen MR) is 72.8 cm³/mol. The van der Waals surface area contributed by atoms with Crippen molar-refractivity contribution in [3.63, 3.8) is 0 Å². The zero-order chi connectivity index (χ0) is 14.8. The lowest BCUT2D eigenvalue weighted by Crippen LogP contribution is -2.04. The maximum Gasteiger partial charge on any atom is 0.416 e. The Bertz CT molecular complexity index is 618. The quantitative estimate of drug-likeness (QED) is 0.730. The van der Waals surface area contributed by atoms with E-state index in [9.17, 15) is 18.0 Å². The monoisotopic (exact) mass is 296 g/mol. The van der Waals surface area contributed by atoms with Crippen molar-refractivity contribution in [1.82, 2.24) is 0 Å². The molecule has 104 valence electrons. The molecular formula is C15H11F3OS. The molecular weight excluding hydrogens is 285 g/mol. The van der Waals surface area contributed by atoms with Gasteiger partial charge < -0.3 is 0 Å². The lowest BCUT2D eigenvalue weighted by Gasteiger charge is -2.08. The van der Waals surface area contributed by atoms with Gasteiger partial charge in [0, 0.05) is 10.5 Å². The van der Waals surface area contributed by atoms with Gasteiger partial charge in [0.1, 0.15) is 0 Å². The minimum absolute atomic E-state index is 0.274. The largest absolute Gasteiger partial charge is 0.416 e. The normalized spacial score (nSPS) is 11.4. The summed E-state index contributed by atoms with van der Waals surface area (Å²) in [4.78, 5) is 12.3. The van der Waals surface area contributed by atoms with Crippen molar-refractivity contribution in [2.75, 3.05) is 0 Å². The van der Waals surface area contributed by atoms with Crippen LogP contribution in [0.15, 0.2) is 53.4 Å². The predicted octanol–water partition coefficient (Wildman–Crippen LogP) is 4.95. The first-order valence-electron chi connectivity index (χ1n) is 5.82. The van der Waals surface area contributed by atoms with Crippen molar-refractivity contribution in [1.29, 1.82) is 0 Å². The van der Waals surface area contributed by atoms with E-state index in [0.717, 1.165) is 29.5 Å². The second-order valence-corrected chi connectivity index (χ2v) is 5.33. The van der Waals surface area contributed by atoms with Gasteiger partial charge in [-0.1, -0.05) is 35.9 Å². The van der Waals surface area contributed by atoms with Crippen molar-refractivity contribution < 1.29 is 18.0 Å². The van der Waals surface area contributed by atoms with E-state index in [1.54, 1.807) is 24.3 Å². The lowest BCUT2D eigenvalue weighted by atomic mass is 10.2. The summed E-state index contributed by atoms with van der Waals surface area (Å²) >= 11 is 0.794. The smallest absolute Gasteiger partial charge is 0.281 e. The summed E-state index contributed by atoms with van der Waals surface area (Å²) in [6.45, 7) is 1.90. The van der Waals surface area contributed by atoms with Crippen molar-refractivity contribution in [3.8, 4) is 0 Å². The van der Waals surface area contributed by atoms with E-state index >= 15 is 0 Å². The number of alkyl halides is 3. The topological polar surface area (TPSA) is 17.1 Å². The molecule has 0 unspecified atom stereocenters. The Morgan fingerprint density at radius 2 is 1.70 bits per heavy atom. The van der Waals surface area contributed by atoms with Gasteiger partial charge in [0.25, 0.3) is 0 Å². The molecule has 0 aromatic heterocycles. The van der Waals surface area contributed by atoms with Gasteiger partial charge in [-0.2, -0.15) is 13.2 Å². The molecule has 0 bridgehead atoms. The number of hydrogen-bond donors (Lipinski definition) is 0. The number of hydrogen-bond acceptors (Lipinski definition) is 2. The van der Waals surface area contributed by atoms with Crippen molar-refractivity contribution in [2.24, 2.45) is 0 Å². The van der Waals surface area contributed by atoms with Crippen molar-refractivity contribution in [3.05, 3.63) is 65.2 Å². The van der Waals surface area contributed by atoms with Gasteiger partial charge in [-0.3, -0.25) is 4.79 Å². The van der Waals surface area contributed by atoms with E-state index in [-0.39, 0.29) is 10.0 Å². The summed E-state index contributed by atoms with van der Waals surface area (Å²) in [5, 5.41) is -0.274. The number of carbonyl (C=O) groups excluding carboxylic acids is 1. The Hall–Kier alpha value is -1.75. The minimum atomic E-state index is -4.40. The van der Waals surface area contributed by atoms with Gasteiger partial charge in [-0.15, -0.1) is 0 Å².